The quantitative estimate of drug-likeness (QED) is 0.784. The molecule has 3 heteroatoms. The third-order valence-corrected chi connectivity index (χ3v) is 2.88. The molecule has 0 amide bonds. The Morgan fingerprint density at radius 2 is 2.08 bits per heavy atom. The third-order valence-electron chi connectivity index (χ3n) is 2.23. The molecular weight excluding hydrogens is 228 g/mol. The lowest BCUT2D eigenvalue weighted by atomic mass is 10.0. The zero-order valence-corrected chi connectivity index (χ0v) is 9.56. The van der Waals surface area contributed by atoms with Gasteiger partial charge in [0, 0.05) is 16.2 Å². The van der Waals surface area contributed by atoms with E-state index < -0.39 is 0 Å². The van der Waals surface area contributed by atoms with Crippen molar-refractivity contribution in [2.24, 2.45) is 5.73 Å². The second kappa shape index (κ2) is 4.11. The van der Waals surface area contributed by atoms with E-state index in [9.17, 15) is 0 Å². The molecule has 0 spiro atoms. The SMILES string of the molecule is CCC(N)c1cc(C)c(N)c(Br)c1. The molecule has 0 aliphatic carbocycles. The maximum atomic E-state index is 5.92. The van der Waals surface area contributed by atoms with E-state index in [-0.39, 0.29) is 6.04 Å². The van der Waals surface area contributed by atoms with Crippen LogP contribution in [0, 0.1) is 6.92 Å². The normalized spacial score (nSPS) is 12.9. The minimum absolute atomic E-state index is 0.107. The number of nitrogens with two attached hydrogens (primary N) is 2. The van der Waals surface area contributed by atoms with Gasteiger partial charge in [0.1, 0.15) is 0 Å². The molecule has 0 aliphatic rings. The van der Waals surface area contributed by atoms with Gasteiger partial charge in [0.05, 0.1) is 0 Å². The molecule has 0 aromatic heterocycles. The van der Waals surface area contributed by atoms with Crippen molar-refractivity contribution in [1.82, 2.24) is 0 Å². The molecule has 1 unspecified atom stereocenters. The van der Waals surface area contributed by atoms with E-state index in [1.807, 2.05) is 19.1 Å². The van der Waals surface area contributed by atoms with Gasteiger partial charge in [-0.1, -0.05) is 13.0 Å². The number of halogens is 1. The molecule has 0 aliphatic heterocycles. The summed E-state index contributed by atoms with van der Waals surface area (Å²) in [7, 11) is 0. The van der Waals surface area contributed by atoms with E-state index in [2.05, 4.69) is 22.9 Å². The Bertz CT molecular complexity index is 287. The molecular formula is C10H15BrN2. The zero-order chi connectivity index (χ0) is 10.0. The summed E-state index contributed by atoms with van der Waals surface area (Å²) in [6.07, 6.45) is 0.940. The molecule has 1 aromatic carbocycles. The van der Waals surface area contributed by atoms with Crippen molar-refractivity contribution >= 4 is 21.6 Å². The first-order valence-corrected chi connectivity index (χ1v) is 5.16. The summed E-state index contributed by atoms with van der Waals surface area (Å²) in [5.74, 6) is 0. The molecule has 0 heterocycles. The fourth-order valence-corrected chi connectivity index (χ4v) is 1.81. The van der Waals surface area contributed by atoms with Gasteiger partial charge in [-0.25, -0.2) is 0 Å². The van der Waals surface area contributed by atoms with Crippen LogP contribution in [0.3, 0.4) is 0 Å². The molecule has 0 fully saturated rings. The number of benzene rings is 1. The Morgan fingerprint density at radius 3 is 2.54 bits per heavy atom. The monoisotopic (exact) mass is 242 g/mol. The van der Waals surface area contributed by atoms with Crippen LogP contribution in [-0.4, -0.2) is 0 Å². The van der Waals surface area contributed by atoms with Gasteiger partial charge >= 0.3 is 0 Å². The predicted octanol–water partition coefficient (Wildman–Crippen LogP) is 2.75. The molecule has 0 saturated carbocycles. The van der Waals surface area contributed by atoms with E-state index >= 15 is 0 Å². The molecule has 2 nitrogen and oxygen atoms in total. The summed E-state index contributed by atoms with van der Waals surface area (Å²) < 4.78 is 0.936. The van der Waals surface area contributed by atoms with E-state index in [0.717, 1.165) is 27.7 Å². The smallest absolute Gasteiger partial charge is 0.0488 e. The van der Waals surface area contributed by atoms with Crippen LogP contribution < -0.4 is 11.5 Å². The molecule has 4 N–H and O–H groups in total. The standard InChI is InChI=1S/C10H15BrN2/c1-3-9(12)7-4-6(2)10(13)8(11)5-7/h4-5,9H,3,12-13H2,1-2H3. The van der Waals surface area contributed by atoms with Crippen LogP contribution in [0.1, 0.15) is 30.5 Å². The van der Waals surface area contributed by atoms with E-state index in [1.54, 1.807) is 0 Å². The summed E-state index contributed by atoms with van der Waals surface area (Å²) in [4.78, 5) is 0. The van der Waals surface area contributed by atoms with Crippen LogP contribution in [0.4, 0.5) is 5.69 Å². The first kappa shape index (κ1) is 10.5. The highest BCUT2D eigenvalue weighted by Gasteiger charge is 2.07. The molecule has 0 bridgehead atoms. The molecule has 0 saturated heterocycles. The molecule has 13 heavy (non-hydrogen) atoms. The lowest BCUT2D eigenvalue weighted by molar-refractivity contribution is 0.698. The van der Waals surface area contributed by atoms with Gasteiger partial charge in [0.15, 0.2) is 0 Å². The van der Waals surface area contributed by atoms with Gasteiger partial charge in [-0.2, -0.15) is 0 Å². The van der Waals surface area contributed by atoms with Gasteiger partial charge in [0.2, 0.25) is 0 Å². The summed E-state index contributed by atoms with van der Waals surface area (Å²) in [6.45, 7) is 4.07. The van der Waals surface area contributed by atoms with Crippen molar-refractivity contribution in [3.63, 3.8) is 0 Å². The van der Waals surface area contributed by atoms with Crippen LogP contribution in [0.2, 0.25) is 0 Å². The van der Waals surface area contributed by atoms with Gasteiger partial charge in [0.25, 0.3) is 0 Å². The lowest BCUT2D eigenvalue weighted by Gasteiger charge is -2.12. The summed E-state index contributed by atoms with van der Waals surface area (Å²) >= 11 is 3.41. The first-order chi connectivity index (χ1) is 6.06. The Balaban J connectivity index is 3.13. The highest BCUT2D eigenvalue weighted by molar-refractivity contribution is 9.10. The number of aryl methyl sites for hydroxylation is 1. The van der Waals surface area contributed by atoms with Crippen molar-refractivity contribution in [2.45, 2.75) is 26.3 Å². The number of anilines is 1. The second-order valence-electron chi connectivity index (χ2n) is 3.25. The van der Waals surface area contributed by atoms with Crippen LogP contribution in [0.15, 0.2) is 16.6 Å². The minimum Gasteiger partial charge on any atom is -0.398 e. The lowest BCUT2D eigenvalue weighted by Crippen LogP contribution is -2.09. The van der Waals surface area contributed by atoms with Crippen molar-refractivity contribution in [3.05, 3.63) is 27.7 Å². The maximum absolute atomic E-state index is 5.92. The number of hydrogen-bond donors (Lipinski definition) is 2. The van der Waals surface area contributed by atoms with Crippen LogP contribution >= 0.6 is 15.9 Å². The topological polar surface area (TPSA) is 52.0 Å². The van der Waals surface area contributed by atoms with Crippen LogP contribution in [0.25, 0.3) is 0 Å². The fraction of sp³-hybridized carbons (Fsp3) is 0.400. The van der Waals surface area contributed by atoms with Gasteiger partial charge in [-0.3, -0.25) is 0 Å². The average Bonchev–Trinajstić information content (AvgIpc) is 2.12. The maximum Gasteiger partial charge on any atom is 0.0488 e. The number of nitrogen functional groups attached to an aromatic ring is 1. The minimum atomic E-state index is 0.107. The first-order valence-electron chi connectivity index (χ1n) is 4.37. The largest absolute Gasteiger partial charge is 0.398 e. The number of hydrogen-bond acceptors (Lipinski definition) is 2. The van der Waals surface area contributed by atoms with E-state index in [1.165, 1.54) is 0 Å². The molecule has 1 atom stereocenters. The highest BCUT2D eigenvalue weighted by Crippen LogP contribution is 2.27. The third kappa shape index (κ3) is 2.23. The van der Waals surface area contributed by atoms with E-state index in [4.69, 9.17) is 11.5 Å². The van der Waals surface area contributed by atoms with Crippen molar-refractivity contribution in [3.8, 4) is 0 Å². The molecule has 1 aromatic rings. The van der Waals surface area contributed by atoms with Crippen LogP contribution in [0.5, 0.6) is 0 Å². The van der Waals surface area contributed by atoms with Gasteiger partial charge in [-0.05, 0) is 46.5 Å². The molecule has 0 radical (unpaired) electrons. The van der Waals surface area contributed by atoms with Crippen molar-refractivity contribution in [2.75, 3.05) is 5.73 Å². The Morgan fingerprint density at radius 1 is 1.46 bits per heavy atom. The van der Waals surface area contributed by atoms with Gasteiger partial charge < -0.3 is 11.5 Å². The van der Waals surface area contributed by atoms with Crippen molar-refractivity contribution < 1.29 is 0 Å². The Hall–Kier alpha value is -0.540. The second-order valence-corrected chi connectivity index (χ2v) is 4.10. The molecule has 72 valence electrons. The summed E-state index contributed by atoms with van der Waals surface area (Å²) in [6, 6.07) is 4.15. The molecule has 1 rings (SSSR count). The Labute approximate surface area is 87.4 Å². The summed E-state index contributed by atoms with van der Waals surface area (Å²) in [5, 5.41) is 0. The summed E-state index contributed by atoms with van der Waals surface area (Å²) in [5.41, 5.74) is 14.7. The van der Waals surface area contributed by atoms with Crippen LogP contribution in [-0.2, 0) is 0 Å². The number of rotatable bonds is 2. The van der Waals surface area contributed by atoms with Crippen molar-refractivity contribution in [1.29, 1.82) is 0 Å². The average molecular weight is 243 g/mol. The van der Waals surface area contributed by atoms with Gasteiger partial charge in [-0.15, -0.1) is 0 Å². The zero-order valence-electron chi connectivity index (χ0n) is 7.97. The highest BCUT2D eigenvalue weighted by atomic mass is 79.9. The Kier molecular flexibility index (Phi) is 3.33. The predicted molar refractivity (Wildman–Crippen MR) is 60.5 cm³/mol. The fourth-order valence-electron chi connectivity index (χ4n) is 1.23. The van der Waals surface area contributed by atoms with E-state index in [0.29, 0.717) is 0 Å².